The van der Waals surface area contributed by atoms with Crippen LogP contribution < -0.4 is 9.47 Å². The molecule has 86 valence electrons. The van der Waals surface area contributed by atoms with Gasteiger partial charge in [-0.25, -0.2) is 0 Å². The Morgan fingerprint density at radius 2 is 2.12 bits per heavy atom. The van der Waals surface area contributed by atoms with Crippen LogP contribution in [0, 0.1) is 0 Å². The molecule has 1 saturated heterocycles. The topological polar surface area (TPSA) is 47.9 Å². The number of ether oxygens (including phenoxy) is 3. The molecule has 2 aliphatic heterocycles. The lowest BCUT2D eigenvalue weighted by Gasteiger charge is -2.17. The number of benzene rings is 1. The molecular weight excluding hydrogens is 208 g/mol. The highest BCUT2D eigenvalue weighted by atomic mass is 16.7. The van der Waals surface area contributed by atoms with E-state index in [4.69, 9.17) is 14.2 Å². The van der Waals surface area contributed by atoms with Gasteiger partial charge in [-0.15, -0.1) is 0 Å². The van der Waals surface area contributed by atoms with E-state index in [0.29, 0.717) is 5.75 Å². The molecule has 0 saturated carbocycles. The number of hydrogen-bond acceptors (Lipinski definition) is 4. The molecule has 4 heteroatoms. The second-order valence-corrected chi connectivity index (χ2v) is 4.11. The van der Waals surface area contributed by atoms with Gasteiger partial charge in [0.2, 0.25) is 6.79 Å². The van der Waals surface area contributed by atoms with Crippen LogP contribution in [0.3, 0.4) is 0 Å². The molecule has 0 bridgehead atoms. The molecule has 0 aromatic heterocycles. The first kappa shape index (κ1) is 9.93. The van der Waals surface area contributed by atoms with Crippen LogP contribution in [-0.2, 0) is 4.74 Å². The summed E-state index contributed by atoms with van der Waals surface area (Å²) in [6, 6.07) is 5.52. The van der Waals surface area contributed by atoms with Crippen molar-refractivity contribution in [1.29, 1.82) is 0 Å². The van der Waals surface area contributed by atoms with Crippen molar-refractivity contribution in [1.82, 2.24) is 0 Å². The van der Waals surface area contributed by atoms with Gasteiger partial charge in [-0.3, -0.25) is 0 Å². The Kier molecular flexibility index (Phi) is 2.46. The van der Waals surface area contributed by atoms with Gasteiger partial charge in [0.1, 0.15) is 6.10 Å². The summed E-state index contributed by atoms with van der Waals surface area (Å²) in [4.78, 5) is 0. The number of aliphatic hydroxyl groups excluding tert-OH is 1. The fraction of sp³-hybridized carbons (Fsp3) is 0.500. The van der Waals surface area contributed by atoms with E-state index in [1.165, 1.54) is 0 Å². The highest BCUT2D eigenvalue weighted by Crippen LogP contribution is 2.36. The maximum Gasteiger partial charge on any atom is 0.231 e. The van der Waals surface area contributed by atoms with Crippen LogP contribution in [0.1, 0.15) is 24.5 Å². The van der Waals surface area contributed by atoms with Gasteiger partial charge in [-0.1, -0.05) is 6.07 Å². The lowest BCUT2D eigenvalue weighted by atomic mass is 10.0. The van der Waals surface area contributed by atoms with Gasteiger partial charge in [0, 0.05) is 6.61 Å². The normalized spacial score (nSPS) is 24.7. The van der Waals surface area contributed by atoms with Crippen LogP contribution in [0.2, 0.25) is 0 Å². The zero-order valence-corrected chi connectivity index (χ0v) is 8.89. The predicted octanol–water partition coefficient (Wildman–Crippen LogP) is 1.63. The van der Waals surface area contributed by atoms with Crippen molar-refractivity contribution < 1.29 is 19.3 Å². The van der Waals surface area contributed by atoms with Gasteiger partial charge >= 0.3 is 0 Å². The maximum absolute atomic E-state index is 10.1. The van der Waals surface area contributed by atoms with Gasteiger partial charge in [-0.05, 0) is 30.5 Å². The van der Waals surface area contributed by atoms with Gasteiger partial charge in [0.15, 0.2) is 11.5 Å². The molecule has 2 heterocycles. The minimum Gasteiger partial charge on any atom is -0.454 e. The molecule has 1 N–H and O–H groups in total. The lowest BCUT2D eigenvalue weighted by molar-refractivity contribution is -0.00265. The zero-order chi connectivity index (χ0) is 11.0. The fourth-order valence-electron chi connectivity index (χ4n) is 2.16. The molecule has 2 aliphatic rings. The van der Waals surface area contributed by atoms with Crippen molar-refractivity contribution in [3.05, 3.63) is 23.8 Å². The quantitative estimate of drug-likeness (QED) is 0.826. The zero-order valence-electron chi connectivity index (χ0n) is 8.89. The van der Waals surface area contributed by atoms with Crippen LogP contribution >= 0.6 is 0 Å². The summed E-state index contributed by atoms with van der Waals surface area (Å²) in [5.41, 5.74) is 0.830. The van der Waals surface area contributed by atoms with E-state index < -0.39 is 6.10 Å². The average Bonchev–Trinajstić information content (AvgIpc) is 2.98. The summed E-state index contributed by atoms with van der Waals surface area (Å²) in [5.74, 6) is 1.44. The molecule has 1 aromatic carbocycles. The number of hydrogen-bond donors (Lipinski definition) is 1. The first-order valence-electron chi connectivity index (χ1n) is 5.54. The number of fused-ring (bicyclic) bond motifs is 1. The van der Waals surface area contributed by atoms with Gasteiger partial charge < -0.3 is 19.3 Å². The summed E-state index contributed by atoms with van der Waals surface area (Å²) >= 11 is 0. The molecule has 1 aromatic rings. The van der Waals surface area contributed by atoms with Crippen molar-refractivity contribution in [2.24, 2.45) is 0 Å². The molecule has 0 aliphatic carbocycles. The summed E-state index contributed by atoms with van der Waals surface area (Å²) < 4.78 is 16.0. The summed E-state index contributed by atoms with van der Waals surface area (Å²) in [6.07, 6.45) is 1.28. The minimum atomic E-state index is -0.572. The molecular formula is C12H14O4. The van der Waals surface area contributed by atoms with Gasteiger partial charge in [-0.2, -0.15) is 0 Å². The highest BCUT2D eigenvalue weighted by Gasteiger charge is 2.26. The molecule has 1 fully saturated rings. The van der Waals surface area contributed by atoms with Crippen molar-refractivity contribution in [3.8, 4) is 11.5 Å². The third-order valence-electron chi connectivity index (χ3n) is 3.06. The monoisotopic (exact) mass is 222 g/mol. The Labute approximate surface area is 93.7 Å². The van der Waals surface area contributed by atoms with Gasteiger partial charge in [0.05, 0.1) is 6.10 Å². The molecule has 0 unspecified atom stereocenters. The van der Waals surface area contributed by atoms with Crippen molar-refractivity contribution in [2.45, 2.75) is 25.0 Å². The maximum atomic E-state index is 10.1. The van der Waals surface area contributed by atoms with E-state index in [0.717, 1.165) is 30.8 Å². The second-order valence-electron chi connectivity index (χ2n) is 4.11. The summed E-state index contributed by atoms with van der Waals surface area (Å²) in [7, 11) is 0. The van der Waals surface area contributed by atoms with Crippen molar-refractivity contribution in [3.63, 3.8) is 0 Å². The van der Waals surface area contributed by atoms with E-state index >= 15 is 0 Å². The highest BCUT2D eigenvalue weighted by molar-refractivity contribution is 5.45. The fourth-order valence-corrected chi connectivity index (χ4v) is 2.16. The molecule has 3 rings (SSSR count). The largest absolute Gasteiger partial charge is 0.454 e. The SMILES string of the molecule is O[C@@H](c1ccc2c(c1)OCO2)[C@@H]1CCCO1. The second kappa shape index (κ2) is 3.96. The Morgan fingerprint density at radius 1 is 1.25 bits per heavy atom. The predicted molar refractivity (Wildman–Crippen MR) is 56.5 cm³/mol. The van der Waals surface area contributed by atoms with Crippen LogP contribution in [0.5, 0.6) is 11.5 Å². The summed E-state index contributed by atoms with van der Waals surface area (Å²) in [6.45, 7) is 1.00. The molecule has 4 nitrogen and oxygen atoms in total. The Hall–Kier alpha value is -1.26. The van der Waals surface area contributed by atoms with E-state index in [2.05, 4.69) is 0 Å². The first-order valence-corrected chi connectivity index (χ1v) is 5.54. The Morgan fingerprint density at radius 3 is 2.94 bits per heavy atom. The van der Waals surface area contributed by atoms with Crippen molar-refractivity contribution >= 4 is 0 Å². The third kappa shape index (κ3) is 1.64. The smallest absolute Gasteiger partial charge is 0.231 e. The third-order valence-corrected chi connectivity index (χ3v) is 3.06. The van der Waals surface area contributed by atoms with Crippen molar-refractivity contribution in [2.75, 3.05) is 13.4 Å². The summed E-state index contributed by atoms with van der Waals surface area (Å²) in [5, 5.41) is 10.1. The molecule has 0 spiro atoms. The van der Waals surface area contributed by atoms with Crippen LogP contribution in [0.25, 0.3) is 0 Å². The molecule has 16 heavy (non-hydrogen) atoms. The molecule has 0 amide bonds. The molecule has 0 radical (unpaired) electrons. The van der Waals surface area contributed by atoms with E-state index in [1.54, 1.807) is 0 Å². The standard InChI is InChI=1S/C12H14O4/c13-12(10-2-1-5-14-10)8-3-4-9-11(6-8)16-7-15-9/h3-4,6,10,12-13H,1-2,5,7H2/t10-,12-/m0/s1. The first-order chi connectivity index (χ1) is 7.84. The van der Waals surface area contributed by atoms with E-state index in [9.17, 15) is 5.11 Å². The number of aliphatic hydroxyl groups is 1. The van der Waals surface area contributed by atoms with Crippen LogP contribution in [0.15, 0.2) is 18.2 Å². The van der Waals surface area contributed by atoms with Crippen LogP contribution in [-0.4, -0.2) is 24.6 Å². The Bertz CT molecular complexity index is 385. The van der Waals surface area contributed by atoms with E-state index in [1.807, 2.05) is 18.2 Å². The minimum absolute atomic E-state index is 0.0830. The number of rotatable bonds is 2. The lowest BCUT2D eigenvalue weighted by Crippen LogP contribution is -2.16. The van der Waals surface area contributed by atoms with Gasteiger partial charge in [0.25, 0.3) is 0 Å². The van der Waals surface area contributed by atoms with E-state index in [-0.39, 0.29) is 12.9 Å². The van der Waals surface area contributed by atoms with Crippen LogP contribution in [0.4, 0.5) is 0 Å². The average molecular weight is 222 g/mol. The Balaban J connectivity index is 1.83. The molecule has 2 atom stereocenters.